The molecule has 7 heteroatoms. The molecule has 1 amide bonds. The van der Waals surface area contributed by atoms with E-state index in [-0.39, 0.29) is 12.5 Å². The third kappa shape index (κ3) is 3.85. The highest BCUT2D eigenvalue weighted by Crippen LogP contribution is 2.11. The predicted molar refractivity (Wildman–Crippen MR) is 81.6 cm³/mol. The molecular formula is C15H24N4O3. The maximum absolute atomic E-state index is 12.2. The van der Waals surface area contributed by atoms with Crippen molar-refractivity contribution < 1.29 is 14.7 Å². The zero-order valence-corrected chi connectivity index (χ0v) is 13.4. The molecule has 1 aliphatic heterocycles. The van der Waals surface area contributed by atoms with Gasteiger partial charge in [0.2, 0.25) is 5.91 Å². The monoisotopic (exact) mass is 308 g/mol. The van der Waals surface area contributed by atoms with Gasteiger partial charge in [-0.3, -0.25) is 19.2 Å². The summed E-state index contributed by atoms with van der Waals surface area (Å²) in [5.74, 6) is -0.844. The second-order valence-corrected chi connectivity index (χ2v) is 5.93. The van der Waals surface area contributed by atoms with Crippen LogP contribution in [0.4, 0.5) is 0 Å². The highest BCUT2D eigenvalue weighted by atomic mass is 16.4. The van der Waals surface area contributed by atoms with Gasteiger partial charge in [-0.1, -0.05) is 0 Å². The van der Waals surface area contributed by atoms with Gasteiger partial charge in [-0.05, 0) is 33.4 Å². The molecule has 1 saturated heterocycles. The van der Waals surface area contributed by atoms with Crippen molar-refractivity contribution in [1.29, 1.82) is 0 Å². The zero-order chi connectivity index (χ0) is 16.3. The average Bonchev–Trinajstić information content (AvgIpc) is 2.77. The fraction of sp³-hybridized carbons (Fsp3) is 0.667. The van der Waals surface area contributed by atoms with E-state index in [0.717, 1.165) is 11.4 Å². The molecule has 2 rings (SSSR count). The average molecular weight is 308 g/mol. The summed E-state index contributed by atoms with van der Waals surface area (Å²) in [6, 6.07) is 1.41. The number of hydrogen-bond donors (Lipinski definition) is 1. The Morgan fingerprint density at radius 3 is 2.68 bits per heavy atom. The minimum absolute atomic E-state index is 0.0286. The van der Waals surface area contributed by atoms with Crippen LogP contribution in [0, 0.1) is 13.8 Å². The highest BCUT2D eigenvalue weighted by molar-refractivity contribution is 5.79. The Morgan fingerprint density at radius 1 is 1.36 bits per heavy atom. The lowest BCUT2D eigenvalue weighted by atomic mass is 10.1. The van der Waals surface area contributed by atoms with Crippen molar-refractivity contribution in [3.8, 4) is 0 Å². The molecule has 1 atom stereocenters. The molecular weight excluding hydrogens is 284 g/mol. The lowest BCUT2D eigenvalue weighted by Crippen LogP contribution is -2.56. The summed E-state index contributed by atoms with van der Waals surface area (Å²) in [7, 11) is 1.78. The highest BCUT2D eigenvalue weighted by Gasteiger charge is 2.31. The molecule has 0 unspecified atom stereocenters. The zero-order valence-electron chi connectivity index (χ0n) is 13.4. The molecule has 1 aromatic heterocycles. The summed E-state index contributed by atoms with van der Waals surface area (Å²) < 4.78 is 1.91. The first-order valence-corrected chi connectivity index (χ1v) is 7.60. The van der Waals surface area contributed by atoms with E-state index in [2.05, 4.69) is 5.10 Å². The predicted octanol–water partition coefficient (Wildman–Crippen LogP) is 0.507. The molecule has 0 aromatic carbocycles. The van der Waals surface area contributed by atoms with Gasteiger partial charge < -0.3 is 10.0 Å². The van der Waals surface area contributed by atoms with E-state index in [4.69, 9.17) is 0 Å². The number of hydrogen-bond acceptors (Lipinski definition) is 4. The van der Waals surface area contributed by atoms with Gasteiger partial charge in [-0.25, -0.2) is 0 Å². The molecule has 0 radical (unpaired) electrons. The molecule has 0 aliphatic carbocycles. The maximum Gasteiger partial charge on any atom is 0.322 e. The van der Waals surface area contributed by atoms with Crippen LogP contribution in [0.2, 0.25) is 0 Å². The van der Waals surface area contributed by atoms with Crippen molar-refractivity contribution in [2.45, 2.75) is 39.3 Å². The van der Waals surface area contributed by atoms with Crippen LogP contribution in [-0.2, 0) is 16.1 Å². The summed E-state index contributed by atoms with van der Waals surface area (Å²) >= 11 is 0. The van der Waals surface area contributed by atoms with E-state index in [0.29, 0.717) is 32.5 Å². The van der Waals surface area contributed by atoms with E-state index in [9.17, 15) is 14.7 Å². The van der Waals surface area contributed by atoms with Gasteiger partial charge in [0.25, 0.3) is 0 Å². The summed E-state index contributed by atoms with van der Waals surface area (Å²) in [6.07, 6.45) is 1.14. The molecule has 22 heavy (non-hydrogen) atoms. The number of aryl methyl sites for hydroxylation is 3. The number of likely N-dealkylation sites (N-methyl/N-ethyl adjacent to an activating group) is 1. The lowest BCUT2D eigenvalue weighted by Gasteiger charge is -2.37. The van der Waals surface area contributed by atoms with Crippen LogP contribution in [0.3, 0.4) is 0 Å². The minimum Gasteiger partial charge on any atom is -0.480 e. The normalized spacial score (nSPS) is 19.4. The topological polar surface area (TPSA) is 78.7 Å². The molecule has 2 heterocycles. The van der Waals surface area contributed by atoms with Crippen molar-refractivity contribution >= 4 is 11.9 Å². The van der Waals surface area contributed by atoms with Gasteiger partial charge in [-0.15, -0.1) is 0 Å². The fourth-order valence-electron chi connectivity index (χ4n) is 2.81. The first kappa shape index (κ1) is 16.5. The molecule has 1 aliphatic rings. The number of carbonyl (C=O) groups excluding carboxylic acids is 1. The van der Waals surface area contributed by atoms with Crippen LogP contribution < -0.4 is 0 Å². The van der Waals surface area contributed by atoms with Crippen molar-refractivity contribution in [2.75, 3.05) is 26.7 Å². The smallest absolute Gasteiger partial charge is 0.322 e. The van der Waals surface area contributed by atoms with Crippen molar-refractivity contribution in [3.63, 3.8) is 0 Å². The summed E-state index contributed by atoms with van der Waals surface area (Å²) in [6.45, 7) is 6.12. The number of aromatic nitrogens is 2. The summed E-state index contributed by atoms with van der Waals surface area (Å²) in [5.41, 5.74) is 2.07. The molecule has 0 saturated carbocycles. The Hall–Kier alpha value is -1.89. The van der Waals surface area contributed by atoms with E-state index >= 15 is 0 Å². The van der Waals surface area contributed by atoms with Crippen molar-refractivity contribution in [2.24, 2.45) is 0 Å². The van der Waals surface area contributed by atoms with Crippen LogP contribution in [0.5, 0.6) is 0 Å². The molecule has 1 fully saturated rings. The molecule has 0 bridgehead atoms. The number of aliphatic carboxylic acids is 1. The van der Waals surface area contributed by atoms with Crippen LogP contribution in [0.1, 0.15) is 24.2 Å². The van der Waals surface area contributed by atoms with Gasteiger partial charge in [0.1, 0.15) is 6.04 Å². The Bertz CT molecular complexity index is 555. The summed E-state index contributed by atoms with van der Waals surface area (Å²) in [4.78, 5) is 26.9. The fourth-order valence-corrected chi connectivity index (χ4v) is 2.81. The van der Waals surface area contributed by atoms with E-state index in [1.165, 1.54) is 0 Å². The van der Waals surface area contributed by atoms with E-state index < -0.39 is 12.0 Å². The number of nitrogens with zero attached hydrogens (tertiary/aromatic N) is 4. The van der Waals surface area contributed by atoms with Crippen LogP contribution in [0.25, 0.3) is 0 Å². The first-order chi connectivity index (χ1) is 10.4. The molecule has 0 spiro atoms. The van der Waals surface area contributed by atoms with Crippen molar-refractivity contribution in [1.82, 2.24) is 19.6 Å². The third-order valence-electron chi connectivity index (χ3n) is 4.15. The second kappa shape index (κ2) is 6.91. The first-order valence-electron chi connectivity index (χ1n) is 7.60. The molecule has 122 valence electrons. The number of piperazine rings is 1. The Kier molecular flexibility index (Phi) is 5.18. The second-order valence-electron chi connectivity index (χ2n) is 5.93. The molecule has 1 N–H and O–H groups in total. The van der Waals surface area contributed by atoms with Crippen LogP contribution >= 0.6 is 0 Å². The third-order valence-corrected chi connectivity index (χ3v) is 4.15. The van der Waals surface area contributed by atoms with Gasteiger partial charge in [0.05, 0.1) is 5.69 Å². The van der Waals surface area contributed by atoms with Crippen LogP contribution in [0.15, 0.2) is 6.07 Å². The van der Waals surface area contributed by atoms with Gasteiger partial charge >= 0.3 is 5.97 Å². The Morgan fingerprint density at radius 2 is 2.09 bits per heavy atom. The Labute approximate surface area is 130 Å². The van der Waals surface area contributed by atoms with Crippen LogP contribution in [-0.4, -0.2) is 69.3 Å². The van der Waals surface area contributed by atoms with Gasteiger partial charge in [0, 0.05) is 38.3 Å². The van der Waals surface area contributed by atoms with Gasteiger partial charge in [-0.2, -0.15) is 5.10 Å². The number of rotatable bonds is 5. The van der Waals surface area contributed by atoms with E-state index in [1.54, 1.807) is 16.8 Å². The standard InChI is InChI=1S/C15H24N4O3/c1-11-9-12(2)19(16-11)6-4-5-14(20)18-8-7-17(3)13(10-18)15(21)22/h9,13H,4-8,10H2,1-3H3,(H,21,22)/t13-/m1/s1. The lowest BCUT2D eigenvalue weighted by molar-refractivity contribution is -0.147. The number of amides is 1. The quantitative estimate of drug-likeness (QED) is 0.857. The van der Waals surface area contributed by atoms with Crippen molar-refractivity contribution in [3.05, 3.63) is 17.5 Å². The number of carboxylic acid groups (broad SMARTS) is 1. The molecule has 1 aromatic rings. The summed E-state index contributed by atoms with van der Waals surface area (Å²) in [5, 5.41) is 13.5. The SMILES string of the molecule is Cc1cc(C)n(CCCC(=O)N2CCN(C)[C@@H](C(=O)O)C2)n1. The van der Waals surface area contributed by atoms with E-state index in [1.807, 2.05) is 24.6 Å². The largest absolute Gasteiger partial charge is 0.480 e. The number of carbonyl (C=O) groups is 2. The molecule has 7 nitrogen and oxygen atoms in total. The number of carboxylic acids is 1. The van der Waals surface area contributed by atoms with Gasteiger partial charge in [0.15, 0.2) is 0 Å². The minimum atomic E-state index is -0.873. The maximum atomic E-state index is 12.2. The Balaban J connectivity index is 1.82.